The first-order chi connectivity index (χ1) is 18.7. The van der Waals surface area contributed by atoms with Gasteiger partial charge in [0.2, 0.25) is 10.0 Å². The van der Waals surface area contributed by atoms with Crippen LogP contribution in [0.2, 0.25) is 10.0 Å². The van der Waals surface area contributed by atoms with Gasteiger partial charge in [0.1, 0.15) is 18.0 Å². The van der Waals surface area contributed by atoms with Gasteiger partial charge in [0.15, 0.2) is 5.75 Å². The maximum Gasteiger partial charge on any atom is 0.424 e. The SMILES string of the molecule is C=C(COc1ccc(C2(c3cc(Cl)c(OCCCCl)c(Cl)c3)COC2)cc1)CN(C(=O)OC(C)(C)C)S(C)(=O)=O. The van der Waals surface area contributed by atoms with Crippen molar-refractivity contribution in [2.45, 2.75) is 38.2 Å². The Labute approximate surface area is 251 Å². The number of carbonyl (C=O) groups excluding carboxylic acids is 1. The minimum absolute atomic E-state index is 0.00118. The second-order valence-corrected chi connectivity index (χ2v) is 13.6. The molecule has 0 aromatic heterocycles. The molecule has 2 aromatic carbocycles. The summed E-state index contributed by atoms with van der Waals surface area (Å²) < 4.78 is 47.3. The largest absolute Gasteiger partial charge is 0.490 e. The van der Waals surface area contributed by atoms with E-state index in [1.165, 1.54) is 0 Å². The van der Waals surface area contributed by atoms with Crippen molar-refractivity contribution in [3.05, 3.63) is 69.7 Å². The maximum atomic E-state index is 12.4. The number of carbonyl (C=O) groups is 1. The summed E-state index contributed by atoms with van der Waals surface area (Å²) >= 11 is 18.8. The molecule has 40 heavy (non-hydrogen) atoms. The number of amides is 1. The molecule has 1 saturated heterocycles. The van der Waals surface area contributed by atoms with Crippen molar-refractivity contribution in [2.75, 3.05) is 45.1 Å². The van der Waals surface area contributed by atoms with Gasteiger partial charge in [-0.15, -0.1) is 11.6 Å². The van der Waals surface area contributed by atoms with Crippen LogP contribution in [-0.4, -0.2) is 69.5 Å². The molecule has 220 valence electrons. The molecule has 1 fully saturated rings. The molecule has 0 unspecified atom stereocenters. The van der Waals surface area contributed by atoms with Crippen molar-refractivity contribution >= 4 is 50.9 Å². The molecule has 3 rings (SSSR count). The minimum Gasteiger partial charge on any atom is -0.490 e. The zero-order valence-corrected chi connectivity index (χ0v) is 26.1. The van der Waals surface area contributed by atoms with E-state index in [2.05, 4.69) is 6.58 Å². The smallest absolute Gasteiger partial charge is 0.424 e. The fourth-order valence-corrected chi connectivity index (χ4v) is 5.37. The van der Waals surface area contributed by atoms with Crippen LogP contribution in [0.15, 0.2) is 48.6 Å². The molecule has 1 amide bonds. The average Bonchev–Trinajstić information content (AvgIpc) is 2.81. The van der Waals surface area contributed by atoms with E-state index in [0.717, 1.165) is 17.4 Å². The van der Waals surface area contributed by atoms with Gasteiger partial charge in [-0.05, 0) is 68.2 Å². The number of sulfonamides is 1. The Bertz CT molecular complexity index is 1300. The number of rotatable bonds is 12. The lowest BCUT2D eigenvalue weighted by molar-refractivity contribution is -0.0380. The summed E-state index contributed by atoms with van der Waals surface area (Å²) in [5.41, 5.74) is 0.985. The molecule has 0 spiro atoms. The van der Waals surface area contributed by atoms with E-state index in [1.807, 2.05) is 24.3 Å². The normalized spacial score (nSPS) is 14.7. The first-order valence-corrected chi connectivity index (χ1v) is 15.7. The topological polar surface area (TPSA) is 91.4 Å². The van der Waals surface area contributed by atoms with Gasteiger partial charge in [-0.2, -0.15) is 0 Å². The number of hydrogen-bond donors (Lipinski definition) is 0. The highest BCUT2D eigenvalue weighted by Crippen LogP contribution is 2.44. The lowest BCUT2D eigenvalue weighted by Gasteiger charge is -2.42. The Morgan fingerprint density at radius 2 is 1.68 bits per heavy atom. The van der Waals surface area contributed by atoms with E-state index < -0.39 is 27.1 Å². The Morgan fingerprint density at radius 3 is 2.15 bits per heavy atom. The van der Waals surface area contributed by atoms with Crippen LogP contribution in [0.1, 0.15) is 38.3 Å². The van der Waals surface area contributed by atoms with Crippen molar-refractivity contribution in [1.29, 1.82) is 0 Å². The summed E-state index contributed by atoms with van der Waals surface area (Å²) in [6.45, 7) is 9.90. The summed E-state index contributed by atoms with van der Waals surface area (Å²) in [4.78, 5) is 12.4. The molecule has 0 bridgehead atoms. The van der Waals surface area contributed by atoms with Gasteiger partial charge in [-0.1, -0.05) is 41.9 Å². The van der Waals surface area contributed by atoms with Crippen LogP contribution in [0.5, 0.6) is 11.5 Å². The van der Waals surface area contributed by atoms with Crippen LogP contribution < -0.4 is 9.47 Å². The highest BCUT2D eigenvalue weighted by molar-refractivity contribution is 7.88. The molecule has 0 N–H and O–H groups in total. The van der Waals surface area contributed by atoms with Crippen molar-refractivity contribution in [1.82, 2.24) is 4.31 Å². The number of benzene rings is 2. The molecule has 1 heterocycles. The molecule has 8 nitrogen and oxygen atoms in total. The van der Waals surface area contributed by atoms with Gasteiger partial charge in [0.25, 0.3) is 0 Å². The van der Waals surface area contributed by atoms with E-state index in [0.29, 0.717) is 63.5 Å². The lowest BCUT2D eigenvalue weighted by atomic mass is 9.73. The monoisotopic (exact) mass is 633 g/mol. The molecular weight excluding hydrogens is 601 g/mol. The second kappa shape index (κ2) is 13.2. The van der Waals surface area contributed by atoms with Crippen LogP contribution in [0.25, 0.3) is 0 Å². The van der Waals surface area contributed by atoms with Crippen molar-refractivity contribution in [3.8, 4) is 11.5 Å². The Morgan fingerprint density at radius 1 is 1.07 bits per heavy atom. The van der Waals surface area contributed by atoms with E-state index in [1.54, 1.807) is 32.9 Å². The zero-order chi connectivity index (χ0) is 29.7. The molecule has 1 aliphatic heterocycles. The summed E-state index contributed by atoms with van der Waals surface area (Å²) in [5, 5.41) is 0.827. The molecule has 0 saturated carbocycles. The second-order valence-electron chi connectivity index (χ2n) is 10.5. The fourth-order valence-electron chi connectivity index (χ4n) is 3.94. The molecular formula is C28H34Cl3NO7S. The Balaban J connectivity index is 1.69. The quantitative estimate of drug-likeness (QED) is 0.151. The Kier molecular flexibility index (Phi) is 10.7. The van der Waals surface area contributed by atoms with Gasteiger partial charge >= 0.3 is 6.09 Å². The average molecular weight is 635 g/mol. The number of ether oxygens (including phenoxy) is 4. The van der Waals surface area contributed by atoms with Crippen molar-refractivity contribution < 1.29 is 32.2 Å². The lowest BCUT2D eigenvalue weighted by Crippen LogP contribution is -2.47. The third-order valence-electron chi connectivity index (χ3n) is 5.99. The van der Waals surface area contributed by atoms with E-state index in [-0.39, 0.29) is 13.2 Å². The maximum absolute atomic E-state index is 12.4. The fraction of sp³-hybridized carbons (Fsp3) is 0.464. The predicted octanol–water partition coefficient (Wildman–Crippen LogP) is 6.45. The summed E-state index contributed by atoms with van der Waals surface area (Å²) in [6.07, 6.45) is 0.644. The first kappa shape index (κ1) is 32.3. The van der Waals surface area contributed by atoms with E-state index in [4.69, 9.17) is 53.8 Å². The number of nitrogens with zero attached hydrogens (tertiary/aromatic N) is 1. The third-order valence-corrected chi connectivity index (χ3v) is 7.89. The van der Waals surface area contributed by atoms with Crippen LogP contribution in [0.4, 0.5) is 4.79 Å². The predicted molar refractivity (Wildman–Crippen MR) is 158 cm³/mol. The summed E-state index contributed by atoms with van der Waals surface area (Å²) in [5.74, 6) is 1.45. The van der Waals surface area contributed by atoms with Gasteiger partial charge in [0.05, 0.1) is 48.1 Å². The number of halogens is 3. The van der Waals surface area contributed by atoms with Crippen LogP contribution in [0.3, 0.4) is 0 Å². The van der Waals surface area contributed by atoms with Gasteiger partial charge in [-0.25, -0.2) is 17.5 Å². The summed E-state index contributed by atoms with van der Waals surface area (Å²) in [7, 11) is -3.88. The molecule has 0 atom stereocenters. The van der Waals surface area contributed by atoms with Crippen LogP contribution >= 0.6 is 34.8 Å². The van der Waals surface area contributed by atoms with Crippen LogP contribution in [0, 0.1) is 0 Å². The highest BCUT2D eigenvalue weighted by Gasteiger charge is 2.43. The van der Waals surface area contributed by atoms with Gasteiger partial charge < -0.3 is 18.9 Å². The van der Waals surface area contributed by atoms with Gasteiger partial charge in [0, 0.05) is 5.88 Å². The number of alkyl halides is 1. The first-order valence-electron chi connectivity index (χ1n) is 12.5. The number of hydrogen-bond acceptors (Lipinski definition) is 7. The van der Waals surface area contributed by atoms with E-state index >= 15 is 0 Å². The highest BCUT2D eigenvalue weighted by atomic mass is 35.5. The minimum atomic E-state index is -3.88. The van der Waals surface area contributed by atoms with Crippen LogP contribution in [-0.2, 0) is 24.9 Å². The Hall–Kier alpha value is -2.17. The van der Waals surface area contributed by atoms with Gasteiger partial charge in [-0.3, -0.25) is 0 Å². The molecule has 0 radical (unpaired) electrons. The third kappa shape index (κ3) is 8.19. The summed E-state index contributed by atoms with van der Waals surface area (Å²) in [6, 6.07) is 11.2. The standard InChI is InChI=1S/C28H34Cl3NO7S/c1-19(15-32(40(5,34)35)26(33)39-27(2,3)4)16-38-22-9-7-20(8-10-22)28(17-36-18-28)21-13-23(30)25(24(31)14-21)37-12-6-11-29/h7-10,13-14H,1,6,11-12,15-18H2,2-5H3. The molecule has 1 aliphatic rings. The van der Waals surface area contributed by atoms with E-state index in [9.17, 15) is 13.2 Å². The zero-order valence-electron chi connectivity index (χ0n) is 23.0. The van der Waals surface area contributed by atoms with Crippen molar-refractivity contribution in [3.63, 3.8) is 0 Å². The molecule has 0 aliphatic carbocycles. The van der Waals surface area contributed by atoms with Crippen molar-refractivity contribution in [2.24, 2.45) is 0 Å². The molecule has 12 heteroatoms. The molecule has 2 aromatic rings.